The van der Waals surface area contributed by atoms with Crippen molar-refractivity contribution in [2.24, 2.45) is 0 Å². The van der Waals surface area contributed by atoms with Crippen molar-refractivity contribution in [3.63, 3.8) is 0 Å². The van der Waals surface area contributed by atoms with Crippen LogP contribution >= 0.6 is 11.3 Å². The largest absolute Gasteiger partial charge is 0.462 e. The Morgan fingerprint density at radius 1 is 1.14 bits per heavy atom. The Labute approximate surface area is 171 Å². The lowest BCUT2D eigenvalue weighted by molar-refractivity contribution is -0.137. The highest BCUT2D eigenvalue weighted by molar-refractivity contribution is 7.17. The molecule has 0 unspecified atom stereocenters. The van der Waals surface area contributed by atoms with Crippen molar-refractivity contribution < 1.29 is 27.5 Å². The van der Waals surface area contributed by atoms with Gasteiger partial charge in [-0.2, -0.15) is 13.2 Å². The van der Waals surface area contributed by atoms with Gasteiger partial charge in [0, 0.05) is 12.1 Å². The van der Waals surface area contributed by atoms with Crippen LogP contribution in [0.2, 0.25) is 0 Å². The number of alkyl halides is 3. The summed E-state index contributed by atoms with van der Waals surface area (Å²) in [7, 11) is 0. The highest BCUT2D eigenvalue weighted by Gasteiger charge is 2.31. The van der Waals surface area contributed by atoms with E-state index in [-0.39, 0.29) is 12.2 Å². The maximum atomic E-state index is 13.0. The number of rotatable bonds is 8. The van der Waals surface area contributed by atoms with E-state index in [1.165, 1.54) is 4.90 Å². The Bertz CT molecular complexity index is 848. The summed E-state index contributed by atoms with van der Waals surface area (Å²) in [5.41, 5.74) is -0.245. The molecule has 0 N–H and O–H groups in total. The Kier molecular flexibility index (Phi) is 7.78. The summed E-state index contributed by atoms with van der Waals surface area (Å²) in [4.78, 5) is 31.1. The second kappa shape index (κ2) is 9.87. The number of aromatic nitrogens is 1. The van der Waals surface area contributed by atoms with Crippen LogP contribution < -0.4 is 4.90 Å². The Hall–Kier alpha value is -2.42. The van der Waals surface area contributed by atoms with Crippen LogP contribution in [-0.4, -0.2) is 30.0 Å². The highest BCUT2D eigenvalue weighted by atomic mass is 32.1. The second-order valence-corrected chi connectivity index (χ2v) is 7.35. The fourth-order valence-electron chi connectivity index (χ4n) is 2.65. The fraction of sp³-hybridized carbons (Fsp3) is 0.450. The number of esters is 1. The number of ether oxygens (including phenoxy) is 1. The van der Waals surface area contributed by atoms with Gasteiger partial charge in [-0.3, -0.25) is 9.69 Å². The minimum absolute atomic E-state index is 0.125. The van der Waals surface area contributed by atoms with Gasteiger partial charge in [-0.15, -0.1) is 0 Å². The maximum absolute atomic E-state index is 13.0. The number of halogens is 3. The number of benzene rings is 1. The van der Waals surface area contributed by atoms with Crippen LogP contribution in [0.5, 0.6) is 0 Å². The molecular weight excluding hydrogens is 405 g/mol. The second-order valence-electron chi connectivity index (χ2n) is 6.37. The average Bonchev–Trinajstić information content (AvgIpc) is 3.06. The first kappa shape index (κ1) is 22.9. The van der Waals surface area contributed by atoms with E-state index in [9.17, 15) is 22.8 Å². The molecule has 0 atom stereocenters. The van der Waals surface area contributed by atoms with E-state index in [0.29, 0.717) is 28.7 Å². The third kappa shape index (κ3) is 5.79. The molecule has 1 amide bonds. The smallest absolute Gasteiger partial charge is 0.416 e. The van der Waals surface area contributed by atoms with Crippen LogP contribution in [-0.2, 0) is 10.9 Å². The molecule has 0 saturated carbocycles. The third-order valence-corrected chi connectivity index (χ3v) is 5.33. The quantitative estimate of drug-likeness (QED) is 0.412. The van der Waals surface area contributed by atoms with Gasteiger partial charge in [0.15, 0.2) is 5.13 Å². The minimum Gasteiger partial charge on any atom is -0.462 e. The molecule has 29 heavy (non-hydrogen) atoms. The number of amides is 1. The van der Waals surface area contributed by atoms with E-state index < -0.39 is 23.6 Å². The number of aryl methyl sites for hydroxylation is 1. The van der Waals surface area contributed by atoms with Crippen molar-refractivity contribution in [1.82, 2.24) is 4.98 Å². The van der Waals surface area contributed by atoms with Gasteiger partial charge in [0.2, 0.25) is 0 Å². The zero-order valence-electron chi connectivity index (χ0n) is 16.5. The first-order chi connectivity index (χ1) is 13.7. The SMILES string of the molecule is CCCCCN(C(=O)c1ccc(C(F)(F)F)cc1)c1nc(C)c(C(=O)OCC)s1. The minimum atomic E-state index is -4.47. The van der Waals surface area contributed by atoms with Gasteiger partial charge in [0.1, 0.15) is 4.88 Å². The van der Waals surface area contributed by atoms with Crippen molar-refractivity contribution >= 4 is 28.3 Å². The van der Waals surface area contributed by atoms with Crippen molar-refractivity contribution in [3.8, 4) is 0 Å². The van der Waals surface area contributed by atoms with Crippen molar-refractivity contribution in [3.05, 3.63) is 46.0 Å². The number of thiazole rings is 1. The number of carbonyl (C=O) groups excluding carboxylic acids is 2. The van der Waals surface area contributed by atoms with Crippen LogP contribution in [0.15, 0.2) is 24.3 Å². The monoisotopic (exact) mass is 428 g/mol. The molecule has 0 saturated heterocycles. The van der Waals surface area contributed by atoms with Crippen LogP contribution in [0, 0.1) is 6.92 Å². The predicted molar refractivity (Wildman–Crippen MR) is 105 cm³/mol. The molecule has 0 radical (unpaired) electrons. The molecule has 1 aromatic carbocycles. The Morgan fingerprint density at radius 3 is 2.34 bits per heavy atom. The van der Waals surface area contributed by atoms with Gasteiger partial charge in [0.25, 0.3) is 5.91 Å². The molecule has 2 rings (SSSR count). The van der Waals surface area contributed by atoms with E-state index in [1.54, 1.807) is 13.8 Å². The zero-order chi connectivity index (χ0) is 21.6. The van der Waals surface area contributed by atoms with E-state index in [2.05, 4.69) is 4.98 Å². The van der Waals surface area contributed by atoms with Crippen LogP contribution in [0.1, 0.15) is 64.4 Å². The first-order valence-electron chi connectivity index (χ1n) is 9.32. The molecule has 0 aliphatic heterocycles. The van der Waals surface area contributed by atoms with Crippen molar-refractivity contribution in [2.75, 3.05) is 18.1 Å². The van der Waals surface area contributed by atoms with E-state index >= 15 is 0 Å². The van der Waals surface area contributed by atoms with Crippen LogP contribution in [0.25, 0.3) is 0 Å². The third-order valence-electron chi connectivity index (χ3n) is 4.17. The summed E-state index contributed by atoms with van der Waals surface area (Å²) in [5, 5.41) is 0.326. The van der Waals surface area contributed by atoms with Crippen molar-refractivity contribution in [1.29, 1.82) is 0 Å². The lowest BCUT2D eigenvalue weighted by Crippen LogP contribution is -2.32. The molecule has 158 valence electrons. The highest BCUT2D eigenvalue weighted by Crippen LogP contribution is 2.31. The van der Waals surface area contributed by atoms with Gasteiger partial charge in [0.05, 0.1) is 17.9 Å². The van der Waals surface area contributed by atoms with Crippen LogP contribution in [0.3, 0.4) is 0 Å². The summed E-state index contributed by atoms with van der Waals surface area (Å²) >= 11 is 1.04. The molecule has 0 spiro atoms. The number of hydrogen-bond donors (Lipinski definition) is 0. The number of nitrogens with zero attached hydrogens (tertiary/aromatic N) is 2. The molecule has 9 heteroatoms. The van der Waals surface area contributed by atoms with E-state index in [1.807, 2.05) is 6.92 Å². The van der Waals surface area contributed by atoms with Gasteiger partial charge in [-0.05, 0) is 44.5 Å². The predicted octanol–water partition coefficient (Wildman–Crippen LogP) is 5.48. The lowest BCUT2D eigenvalue weighted by Gasteiger charge is -2.20. The van der Waals surface area contributed by atoms with Gasteiger partial charge < -0.3 is 4.74 Å². The van der Waals surface area contributed by atoms with Gasteiger partial charge in [-0.25, -0.2) is 9.78 Å². The maximum Gasteiger partial charge on any atom is 0.416 e. The molecular formula is C20H23F3N2O3S. The van der Waals surface area contributed by atoms with E-state index in [0.717, 1.165) is 48.4 Å². The molecule has 0 fully saturated rings. The molecule has 0 bridgehead atoms. The fourth-order valence-corrected chi connectivity index (χ4v) is 3.63. The molecule has 0 aliphatic rings. The molecule has 1 heterocycles. The van der Waals surface area contributed by atoms with Crippen molar-refractivity contribution in [2.45, 2.75) is 46.2 Å². The van der Waals surface area contributed by atoms with Gasteiger partial charge in [-0.1, -0.05) is 31.1 Å². The number of hydrogen-bond acceptors (Lipinski definition) is 5. The number of anilines is 1. The molecule has 1 aromatic heterocycles. The summed E-state index contributed by atoms with van der Waals surface area (Å²) in [5.74, 6) is -0.969. The lowest BCUT2D eigenvalue weighted by atomic mass is 10.1. The topological polar surface area (TPSA) is 59.5 Å². The summed E-state index contributed by atoms with van der Waals surface area (Å²) in [6.45, 7) is 5.94. The summed E-state index contributed by atoms with van der Waals surface area (Å²) in [6, 6.07) is 4.08. The molecule has 2 aromatic rings. The van der Waals surface area contributed by atoms with Crippen LogP contribution in [0.4, 0.5) is 18.3 Å². The zero-order valence-corrected chi connectivity index (χ0v) is 17.3. The standard InChI is InChI=1S/C20H23F3N2O3S/c1-4-6-7-12-25(19-24-13(3)16(29-19)18(27)28-5-2)17(26)14-8-10-15(11-9-14)20(21,22)23/h8-11H,4-7,12H2,1-3H3. The molecule has 5 nitrogen and oxygen atoms in total. The normalized spacial score (nSPS) is 11.4. The van der Waals surface area contributed by atoms with E-state index in [4.69, 9.17) is 4.74 Å². The first-order valence-corrected chi connectivity index (χ1v) is 10.1. The Balaban J connectivity index is 2.34. The summed E-state index contributed by atoms with van der Waals surface area (Å²) in [6.07, 6.45) is -1.95. The Morgan fingerprint density at radius 2 is 1.79 bits per heavy atom. The van der Waals surface area contributed by atoms with Gasteiger partial charge >= 0.3 is 12.1 Å². The number of unbranched alkanes of at least 4 members (excludes halogenated alkanes) is 2. The number of carbonyl (C=O) groups is 2. The summed E-state index contributed by atoms with van der Waals surface area (Å²) < 4.78 is 43.4. The molecule has 0 aliphatic carbocycles. The average molecular weight is 428 g/mol.